The number of aryl methyl sites for hydroxylation is 1. The Morgan fingerprint density at radius 1 is 1.15 bits per heavy atom. The summed E-state index contributed by atoms with van der Waals surface area (Å²) in [4.78, 5) is 7.40. The number of halogens is 2. The van der Waals surface area contributed by atoms with Crippen molar-refractivity contribution in [1.82, 2.24) is 4.90 Å². The van der Waals surface area contributed by atoms with Crippen LogP contribution in [0.1, 0.15) is 52.0 Å². The summed E-state index contributed by atoms with van der Waals surface area (Å²) < 4.78 is 0. The van der Waals surface area contributed by atoms with Gasteiger partial charge in [0.1, 0.15) is 5.71 Å². The molecule has 0 spiro atoms. The molecule has 0 saturated carbocycles. The first-order valence-electron chi connectivity index (χ1n) is 10.0. The summed E-state index contributed by atoms with van der Waals surface area (Å²) in [6.45, 7) is 8.81. The zero-order valence-electron chi connectivity index (χ0n) is 16.5. The first-order chi connectivity index (χ1) is 12.9. The normalized spacial score (nSPS) is 25.6. The minimum absolute atomic E-state index is 0.250. The van der Waals surface area contributed by atoms with Gasteiger partial charge in [-0.3, -0.25) is 0 Å². The molecule has 0 aliphatic carbocycles. The second-order valence-electron chi connectivity index (χ2n) is 8.21. The van der Waals surface area contributed by atoms with E-state index in [1.807, 2.05) is 12.1 Å². The molecule has 1 aromatic rings. The van der Waals surface area contributed by atoms with Crippen molar-refractivity contribution < 1.29 is 0 Å². The van der Waals surface area contributed by atoms with Gasteiger partial charge in [-0.2, -0.15) is 5.10 Å². The van der Waals surface area contributed by atoms with Gasteiger partial charge in [0.2, 0.25) is 0 Å². The number of hydrogen-bond acceptors (Lipinski definition) is 4. The second kappa shape index (κ2) is 8.83. The number of hydrogen-bond donors (Lipinski definition) is 1. The number of nitrogens with two attached hydrogens (primary N) is 1. The van der Waals surface area contributed by atoms with E-state index in [9.17, 15) is 0 Å². The summed E-state index contributed by atoms with van der Waals surface area (Å²) in [6, 6.07) is 3.83. The number of benzene rings is 1. The van der Waals surface area contributed by atoms with Gasteiger partial charge in [-0.05, 0) is 61.6 Å². The lowest BCUT2D eigenvalue weighted by Gasteiger charge is -2.29. The van der Waals surface area contributed by atoms with Crippen LogP contribution in [-0.4, -0.2) is 29.5 Å². The van der Waals surface area contributed by atoms with Crippen LogP contribution in [0.15, 0.2) is 22.2 Å². The van der Waals surface area contributed by atoms with Crippen LogP contribution < -0.4 is 5.84 Å². The standard InChI is InChI=1S/C21H30Cl2N4/c1-13(2)15-5-4-9-27(10-8-15)21-20(26-24)14(3)6-7-16-11-17(22)18(23)12-19(16)25-21/h11-15H,4-10,24H2,1-3H3/b25-21?,26-20+. The molecule has 0 radical (unpaired) electrons. The number of amidine groups is 1. The van der Waals surface area contributed by atoms with E-state index in [1.165, 1.54) is 19.3 Å². The van der Waals surface area contributed by atoms with Gasteiger partial charge < -0.3 is 10.7 Å². The Bertz CT molecular complexity index is 742. The van der Waals surface area contributed by atoms with E-state index in [-0.39, 0.29) is 5.92 Å². The Morgan fingerprint density at radius 3 is 2.59 bits per heavy atom. The maximum Gasteiger partial charge on any atom is 0.153 e. The molecule has 4 nitrogen and oxygen atoms in total. The average molecular weight is 409 g/mol. The van der Waals surface area contributed by atoms with Gasteiger partial charge in [0.15, 0.2) is 5.84 Å². The molecule has 2 N–H and O–H groups in total. The maximum atomic E-state index is 6.28. The highest BCUT2D eigenvalue weighted by Crippen LogP contribution is 2.34. The van der Waals surface area contributed by atoms with Crippen molar-refractivity contribution in [3.63, 3.8) is 0 Å². The van der Waals surface area contributed by atoms with E-state index in [1.54, 1.807) is 0 Å². The van der Waals surface area contributed by atoms with Crippen molar-refractivity contribution in [2.24, 2.45) is 33.7 Å². The number of likely N-dealkylation sites (tertiary alicyclic amines) is 1. The fourth-order valence-corrected chi connectivity index (χ4v) is 4.54. The summed E-state index contributed by atoms with van der Waals surface area (Å²) in [7, 11) is 0. The lowest BCUT2D eigenvalue weighted by molar-refractivity contribution is 0.340. The molecule has 1 fully saturated rings. The van der Waals surface area contributed by atoms with Gasteiger partial charge in [0.05, 0.1) is 15.7 Å². The van der Waals surface area contributed by atoms with E-state index in [0.717, 1.165) is 54.6 Å². The van der Waals surface area contributed by atoms with Crippen LogP contribution >= 0.6 is 23.2 Å². The smallest absolute Gasteiger partial charge is 0.153 e. The Morgan fingerprint density at radius 2 is 1.89 bits per heavy atom. The Balaban J connectivity index is 2.01. The van der Waals surface area contributed by atoms with Crippen LogP contribution in [0.2, 0.25) is 10.0 Å². The number of aliphatic imine (C=N–C) groups is 1. The highest BCUT2D eigenvalue weighted by Gasteiger charge is 2.28. The third-order valence-electron chi connectivity index (χ3n) is 6.04. The monoisotopic (exact) mass is 408 g/mol. The van der Waals surface area contributed by atoms with Crippen LogP contribution in [0, 0.1) is 17.8 Å². The van der Waals surface area contributed by atoms with Crippen molar-refractivity contribution in [2.45, 2.75) is 52.9 Å². The third-order valence-corrected chi connectivity index (χ3v) is 6.77. The van der Waals surface area contributed by atoms with Gasteiger partial charge >= 0.3 is 0 Å². The molecule has 2 heterocycles. The summed E-state index contributed by atoms with van der Waals surface area (Å²) in [5.74, 6) is 8.47. The summed E-state index contributed by atoms with van der Waals surface area (Å²) in [5.41, 5.74) is 2.92. The minimum Gasteiger partial charge on any atom is -0.355 e. The van der Waals surface area contributed by atoms with Crippen LogP contribution in [0.5, 0.6) is 0 Å². The topological polar surface area (TPSA) is 54.0 Å². The van der Waals surface area contributed by atoms with Crippen molar-refractivity contribution in [3.8, 4) is 0 Å². The molecule has 0 amide bonds. The zero-order valence-corrected chi connectivity index (χ0v) is 18.0. The third kappa shape index (κ3) is 4.60. The number of nitrogens with zero attached hydrogens (tertiary/aromatic N) is 3. The van der Waals surface area contributed by atoms with Crippen LogP contribution in [0.3, 0.4) is 0 Å². The van der Waals surface area contributed by atoms with E-state index < -0.39 is 0 Å². The van der Waals surface area contributed by atoms with Crippen molar-refractivity contribution in [3.05, 3.63) is 27.7 Å². The zero-order chi connectivity index (χ0) is 19.6. The molecule has 0 aromatic heterocycles. The molecule has 2 atom stereocenters. The molecule has 2 aliphatic rings. The molecule has 6 heteroatoms. The van der Waals surface area contributed by atoms with Crippen molar-refractivity contribution >= 4 is 40.4 Å². The fourth-order valence-electron chi connectivity index (χ4n) is 4.20. The number of fused-ring (bicyclic) bond motifs is 1. The van der Waals surface area contributed by atoms with Gasteiger partial charge in [0.25, 0.3) is 0 Å². The Hall–Kier alpha value is -1.26. The van der Waals surface area contributed by atoms with Crippen molar-refractivity contribution in [2.75, 3.05) is 13.1 Å². The lowest BCUT2D eigenvalue weighted by atomic mass is 9.89. The van der Waals surface area contributed by atoms with Crippen molar-refractivity contribution in [1.29, 1.82) is 0 Å². The Labute approximate surface area is 172 Å². The number of hydrazone groups is 1. The predicted molar refractivity (Wildman–Crippen MR) is 116 cm³/mol. The molecule has 0 bridgehead atoms. The first-order valence-corrected chi connectivity index (χ1v) is 10.8. The second-order valence-corrected chi connectivity index (χ2v) is 9.02. The molecule has 2 aliphatic heterocycles. The van der Waals surface area contributed by atoms with Gasteiger partial charge in [-0.15, -0.1) is 0 Å². The molecular formula is C21H30Cl2N4. The average Bonchev–Trinajstić information content (AvgIpc) is 2.88. The van der Waals surface area contributed by atoms with Crippen LogP contribution in [0.4, 0.5) is 5.69 Å². The summed E-state index contributed by atoms with van der Waals surface area (Å²) >= 11 is 12.5. The van der Waals surface area contributed by atoms with E-state index in [4.69, 9.17) is 34.0 Å². The molecule has 27 heavy (non-hydrogen) atoms. The van der Waals surface area contributed by atoms with Gasteiger partial charge in [0, 0.05) is 19.0 Å². The largest absolute Gasteiger partial charge is 0.355 e. The highest BCUT2D eigenvalue weighted by atomic mass is 35.5. The predicted octanol–water partition coefficient (Wildman–Crippen LogP) is 5.68. The molecular weight excluding hydrogens is 379 g/mol. The molecule has 2 unspecified atom stereocenters. The molecule has 1 saturated heterocycles. The summed E-state index contributed by atoms with van der Waals surface area (Å²) in [6.07, 6.45) is 5.46. The van der Waals surface area contributed by atoms with Crippen LogP contribution in [0.25, 0.3) is 0 Å². The number of rotatable bonds is 1. The molecule has 148 valence electrons. The SMILES string of the molecule is CC1CCc2cc(Cl)c(Cl)cc2N=C(N2CCCC(C(C)C)CC2)/C1=N/N. The quantitative estimate of drug-likeness (QED) is 0.479. The van der Waals surface area contributed by atoms with Gasteiger partial charge in [-0.1, -0.05) is 44.0 Å². The van der Waals surface area contributed by atoms with E-state index in [2.05, 4.69) is 30.8 Å². The maximum absolute atomic E-state index is 6.28. The van der Waals surface area contributed by atoms with Gasteiger partial charge in [-0.25, -0.2) is 4.99 Å². The Kier molecular flexibility index (Phi) is 6.69. The van der Waals surface area contributed by atoms with E-state index >= 15 is 0 Å². The molecule has 3 rings (SSSR count). The molecule has 1 aromatic carbocycles. The van der Waals surface area contributed by atoms with Crippen LogP contribution in [-0.2, 0) is 6.42 Å². The summed E-state index contributed by atoms with van der Waals surface area (Å²) in [5, 5.41) is 5.29. The van der Waals surface area contributed by atoms with E-state index in [0.29, 0.717) is 16.0 Å². The first kappa shape index (κ1) is 20.5. The fraction of sp³-hybridized carbons (Fsp3) is 0.619. The highest BCUT2D eigenvalue weighted by molar-refractivity contribution is 6.43. The lowest BCUT2D eigenvalue weighted by Crippen LogP contribution is -2.41. The minimum atomic E-state index is 0.250.